The lowest BCUT2D eigenvalue weighted by molar-refractivity contribution is -0.277. The molecule has 0 unspecified atom stereocenters. The van der Waals surface area contributed by atoms with Crippen LogP contribution in [0.4, 0.5) is 4.79 Å². The van der Waals surface area contributed by atoms with Gasteiger partial charge in [-0.15, -0.1) is 0 Å². The Hall–Kier alpha value is -6.93. The van der Waals surface area contributed by atoms with Crippen LogP contribution in [-0.4, -0.2) is 74.5 Å². The lowest BCUT2D eigenvalue weighted by atomic mass is 9.96. The fraction of sp³-hybridized carbons (Fsp3) is 0.268. The minimum atomic E-state index is -1.44. The normalized spacial score (nSPS) is 18.9. The molecule has 6 aromatic carbocycles. The Morgan fingerprint density at radius 3 is 1.56 bits per heavy atom. The van der Waals surface area contributed by atoms with Gasteiger partial charge < -0.3 is 43.8 Å². The van der Waals surface area contributed by atoms with Crippen LogP contribution in [0.5, 0.6) is 0 Å². The minimum absolute atomic E-state index is 0.00242. The van der Waals surface area contributed by atoms with Crippen molar-refractivity contribution in [2.45, 2.75) is 75.5 Å². The summed E-state index contributed by atoms with van der Waals surface area (Å²) in [5.74, 6) is -1.71. The molecule has 12 nitrogen and oxygen atoms in total. The molecule has 6 aromatic rings. The lowest BCUT2D eigenvalue weighted by Gasteiger charge is -2.46. The first-order valence-corrected chi connectivity index (χ1v) is 22.9. The zero-order chi connectivity index (χ0) is 46.9. The van der Waals surface area contributed by atoms with Crippen molar-refractivity contribution in [3.8, 4) is 11.1 Å². The second kappa shape index (κ2) is 24.2. The van der Waals surface area contributed by atoms with E-state index in [0.29, 0.717) is 6.61 Å². The van der Waals surface area contributed by atoms with E-state index >= 15 is 0 Å². The number of amides is 2. The van der Waals surface area contributed by atoms with Gasteiger partial charge in [0, 0.05) is 5.92 Å². The molecule has 8 rings (SSSR count). The van der Waals surface area contributed by atoms with Crippen LogP contribution in [0.25, 0.3) is 11.1 Å². The molecule has 0 spiro atoms. The van der Waals surface area contributed by atoms with Crippen molar-refractivity contribution in [2.24, 2.45) is 0 Å². The quantitative estimate of drug-likeness (QED) is 0.0502. The number of alkyl carbamates (subject to hydrolysis) is 1. The van der Waals surface area contributed by atoms with Crippen molar-refractivity contribution in [3.63, 3.8) is 0 Å². The van der Waals surface area contributed by atoms with E-state index in [0.717, 1.165) is 44.5 Å². The van der Waals surface area contributed by atoms with Crippen LogP contribution in [0.2, 0.25) is 0 Å². The highest BCUT2D eigenvalue weighted by Gasteiger charge is 2.49. The highest BCUT2D eigenvalue weighted by atomic mass is 16.6. The first kappa shape index (κ1) is 47.6. The second-order valence-electron chi connectivity index (χ2n) is 16.6. The number of hydrogen-bond acceptors (Lipinski definition) is 10. The van der Waals surface area contributed by atoms with Crippen LogP contribution < -0.4 is 10.6 Å². The van der Waals surface area contributed by atoms with Gasteiger partial charge in [0.15, 0.2) is 6.23 Å². The van der Waals surface area contributed by atoms with Gasteiger partial charge in [-0.25, -0.2) is 9.59 Å². The van der Waals surface area contributed by atoms with Gasteiger partial charge in [-0.3, -0.25) is 4.79 Å². The Bertz CT molecular complexity index is 2500. The highest BCUT2D eigenvalue weighted by Crippen LogP contribution is 2.44. The Morgan fingerprint density at radius 1 is 0.559 bits per heavy atom. The number of nitrogens with one attached hydrogen (secondary N) is 2. The predicted octanol–water partition coefficient (Wildman–Crippen LogP) is 8.83. The van der Waals surface area contributed by atoms with Gasteiger partial charge >= 0.3 is 12.1 Å². The molecule has 0 aromatic heterocycles. The van der Waals surface area contributed by atoms with E-state index in [1.54, 1.807) is 0 Å². The first-order valence-electron chi connectivity index (χ1n) is 22.9. The number of ether oxygens (including phenoxy) is 7. The standard InChI is InChI=1S/C56H56N2O10/c1-2-31-63-55(60)48(57-56(61)67-37-47-45-29-17-15-27-43(45)44-28-16-18-30-46(44)47)32-50(59)58-54-53(66-36-42-25-13-6-14-26-42)52(65-35-41-23-11-5-12-24-41)51(64-34-40-21-9-4-10-22-40)49(68-54)38-62-33-39-19-7-3-8-20-39/h2-30,47-49,51-54H,1,31-38H2,(H,57,61)(H,58,59)/t48-,49+,51+,52-,53+,54-/m0/s1. The third-order valence-electron chi connectivity index (χ3n) is 11.8. The molecule has 68 heavy (non-hydrogen) atoms. The number of carbonyl (C=O) groups excluding carboxylic acids is 3. The number of rotatable bonds is 22. The first-order chi connectivity index (χ1) is 33.4. The molecule has 12 heteroatoms. The summed E-state index contributed by atoms with van der Waals surface area (Å²) in [5.41, 5.74) is 7.91. The van der Waals surface area contributed by atoms with E-state index in [-0.39, 0.29) is 45.6 Å². The van der Waals surface area contributed by atoms with Crippen molar-refractivity contribution in [3.05, 3.63) is 216 Å². The maximum absolute atomic E-state index is 14.4. The monoisotopic (exact) mass is 916 g/mol. The van der Waals surface area contributed by atoms with E-state index in [4.69, 9.17) is 33.2 Å². The number of hydrogen-bond donors (Lipinski definition) is 2. The second-order valence-corrected chi connectivity index (χ2v) is 16.6. The Morgan fingerprint density at radius 2 is 1.03 bits per heavy atom. The molecular weight excluding hydrogens is 861 g/mol. The fourth-order valence-corrected chi connectivity index (χ4v) is 8.53. The zero-order valence-corrected chi connectivity index (χ0v) is 37.7. The van der Waals surface area contributed by atoms with Crippen LogP contribution >= 0.6 is 0 Å². The number of esters is 1. The maximum Gasteiger partial charge on any atom is 0.407 e. The summed E-state index contributed by atoms with van der Waals surface area (Å²) in [4.78, 5) is 41.4. The molecule has 2 amide bonds. The van der Waals surface area contributed by atoms with E-state index in [9.17, 15) is 14.4 Å². The predicted molar refractivity (Wildman–Crippen MR) is 256 cm³/mol. The smallest absolute Gasteiger partial charge is 0.407 e. The Balaban J connectivity index is 1.04. The summed E-state index contributed by atoms with van der Waals surface area (Å²) in [6.07, 6.45) is -4.45. The summed E-state index contributed by atoms with van der Waals surface area (Å²) in [7, 11) is 0. The van der Waals surface area contributed by atoms with Gasteiger partial charge in [0.1, 0.15) is 43.7 Å². The van der Waals surface area contributed by atoms with Gasteiger partial charge in [-0.1, -0.05) is 183 Å². The molecule has 1 aliphatic carbocycles. The van der Waals surface area contributed by atoms with Crippen LogP contribution in [-0.2, 0) is 69.2 Å². The largest absolute Gasteiger partial charge is 0.460 e. The van der Waals surface area contributed by atoms with Crippen LogP contribution in [0.1, 0.15) is 45.7 Å². The van der Waals surface area contributed by atoms with Crippen LogP contribution in [0, 0.1) is 0 Å². The molecule has 350 valence electrons. The fourth-order valence-electron chi connectivity index (χ4n) is 8.53. The molecule has 1 saturated heterocycles. The van der Waals surface area contributed by atoms with Crippen molar-refractivity contribution >= 4 is 18.0 Å². The SMILES string of the molecule is C=CCOC(=O)[C@H](CC(=O)N[C@H]1O[C@H](COCc2ccccc2)[C@@H](OCc2ccccc2)[C@H](OCc2ccccc2)[C@H]1OCc1ccccc1)NC(=O)OCC1c2ccccc2-c2ccccc21. The molecule has 1 aliphatic heterocycles. The average molecular weight is 917 g/mol. The van der Waals surface area contributed by atoms with Crippen molar-refractivity contribution in [2.75, 3.05) is 19.8 Å². The van der Waals surface area contributed by atoms with Gasteiger partial charge in [0.2, 0.25) is 5.91 Å². The van der Waals surface area contributed by atoms with Crippen molar-refractivity contribution < 1.29 is 47.5 Å². The summed E-state index contributed by atoms with van der Waals surface area (Å²) in [5, 5.41) is 5.58. The summed E-state index contributed by atoms with van der Waals surface area (Å²) < 4.78 is 44.5. The molecule has 0 radical (unpaired) electrons. The zero-order valence-electron chi connectivity index (χ0n) is 37.7. The lowest BCUT2D eigenvalue weighted by Crippen LogP contribution is -2.65. The summed E-state index contributed by atoms with van der Waals surface area (Å²) >= 11 is 0. The van der Waals surface area contributed by atoms with Gasteiger partial charge in [-0.2, -0.15) is 0 Å². The third-order valence-corrected chi connectivity index (χ3v) is 11.8. The van der Waals surface area contributed by atoms with E-state index in [1.807, 2.05) is 170 Å². The molecule has 0 saturated carbocycles. The Labute approximate surface area is 397 Å². The van der Waals surface area contributed by atoms with Gasteiger partial charge in [-0.05, 0) is 44.5 Å². The molecule has 2 aliphatic rings. The summed E-state index contributed by atoms with van der Waals surface area (Å²) in [6, 6.07) is 53.4. The molecule has 0 bridgehead atoms. The highest BCUT2D eigenvalue weighted by molar-refractivity contribution is 5.88. The van der Waals surface area contributed by atoms with E-state index in [1.165, 1.54) is 6.08 Å². The third kappa shape index (κ3) is 12.7. The number of benzene rings is 6. The minimum Gasteiger partial charge on any atom is -0.460 e. The van der Waals surface area contributed by atoms with Crippen molar-refractivity contribution in [1.82, 2.24) is 10.6 Å². The van der Waals surface area contributed by atoms with Crippen LogP contribution in [0.15, 0.2) is 183 Å². The molecule has 1 fully saturated rings. The average Bonchev–Trinajstić information content (AvgIpc) is 3.70. The van der Waals surface area contributed by atoms with Crippen molar-refractivity contribution in [1.29, 1.82) is 0 Å². The number of carbonyl (C=O) groups is 3. The Kier molecular flexibility index (Phi) is 16.9. The van der Waals surface area contributed by atoms with Crippen LogP contribution in [0.3, 0.4) is 0 Å². The number of fused-ring (bicyclic) bond motifs is 3. The molecule has 1 heterocycles. The maximum atomic E-state index is 14.4. The van der Waals surface area contributed by atoms with Gasteiger partial charge in [0.05, 0.1) is 39.5 Å². The molecule has 6 atom stereocenters. The topological polar surface area (TPSA) is 140 Å². The van der Waals surface area contributed by atoms with Gasteiger partial charge in [0.25, 0.3) is 0 Å². The summed E-state index contributed by atoms with van der Waals surface area (Å²) in [6.45, 7) is 4.44. The van der Waals surface area contributed by atoms with E-state index in [2.05, 4.69) is 17.2 Å². The van der Waals surface area contributed by atoms with E-state index < -0.39 is 61.1 Å². The molecular formula is C56H56N2O10. The molecule has 2 N–H and O–H groups in total.